The summed E-state index contributed by atoms with van der Waals surface area (Å²) in [5, 5.41) is 25.2. The smallest absolute Gasteiger partial charge is 0.317 e. The number of rotatable bonds is 16. The van der Waals surface area contributed by atoms with Gasteiger partial charge < -0.3 is 25.6 Å². The van der Waals surface area contributed by atoms with E-state index in [4.69, 9.17) is 4.74 Å². The Morgan fingerprint density at radius 1 is 0.900 bits per heavy atom. The highest BCUT2D eigenvalue weighted by atomic mass is 16.5. The van der Waals surface area contributed by atoms with Crippen LogP contribution < -0.4 is 15.4 Å². The van der Waals surface area contributed by atoms with Crippen molar-refractivity contribution in [1.29, 1.82) is 0 Å². The van der Waals surface area contributed by atoms with Gasteiger partial charge in [-0.1, -0.05) is 70.2 Å². The number of carboxylic acids is 1. The molecule has 0 aromatic heterocycles. The summed E-state index contributed by atoms with van der Waals surface area (Å²) in [4.78, 5) is 27.5. The fourth-order valence-corrected chi connectivity index (χ4v) is 3.92. The van der Waals surface area contributed by atoms with Gasteiger partial charge in [-0.3, -0.25) is 19.4 Å². The summed E-state index contributed by atoms with van der Waals surface area (Å²) >= 11 is 0. The number of aliphatic hydroxyl groups excluding tert-OH is 1. The molecule has 0 radical (unpaired) electrons. The van der Waals surface area contributed by atoms with Crippen LogP contribution in [0.2, 0.25) is 0 Å². The number of aliphatic carboxylic acids is 1. The number of nitrogens with zero attached hydrogens (tertiary/aromatic N) is 2. The van der Waals surface area contributed by atoms with Crippen LogP contribution in [0.25, 0.3) is 0 Å². The monoisotopic (exact) mass is 552 g/mol. The molecule has 0 atom stereocenters. The molecule has 2 aromatic rings. The van der Waals surface area contributed by atoms with Gasteiger partial charge in [-0.2, -0.15) is 0 Å². The zero-order valence-electron chi connectivity index (χ0n) is 24.0. The maximum Gasteiger partial charge on any atom is 0.317 e. The minimum atomic E-state index is -1.03. The van der Waals surface area contributed by atoms with Crippen molar-refractivity contribution >= 4 is 23.3 Å². The van der Waals surface area contributed by atoms with E-state index >= 15 is 0 Å². The Balaban J connectivity index is 0.00000128. The third-order valence-corrected chi connectivity index (χ3v) is 6.24. The van der Waals surface area contributed by atoms with Crippen molar-refractivity contribution in [3.05, 3.63) is 78.7 Å². The first kappa shape index (κ1) is 32.4. The van der Waals surface area contributed by atoms with Crippen LogP contribution in [0, 0.1) is 5.92 Å². The molecule has 0 aliphatic heterocycles. The van der Waals surface area contributed by atoms with Gasteiger partial charge in [0.05, 0.1) is 38.2 Å². The van der Waals surface area contributed by atoms with Crippen LogP contribution in [-0.2, 0) is 16.0 Å². The number of para-hydroxylation sites is 3. The number of nitrogens with one attached hydrogen (secondary N) is 2. The van der Waals surface area contributed by atoms with Gasteiger partial charge in [0.25, 0.3) is 0 Å². The topological polar surface area (TPSA) is 114 Å². The highest BCUT2D eigenvalue weighted by Crippen LogP contribution is 2.26. The number of carbonyl (C=O) groups is 2. The van der Waals surface area contributed by atoms with E-state index in [0.717, 1.165) is 29.3 Å². The van der Waals surface area contributed by atoms with E-state index in [1.807, 2.05) is 60.4 Å². The van der Waals surface area contributed by atoms with Gasteiger partial charge in [-0.05, 0) is 36.1 Å². The largest absolute Gasteiger partial charge is 0.512 e. The quantitative estimate of drug-likeness (QED) is 0.215. The van der Waals surface area contributed by atoms with Crippen LogP contribution in [-0.4, -0.2) is 78.3 Å². The number of carboxylic acid groups (broad SMARTS) is 1. The highest BCUT2D eigenvalue weighted by Gasteiger charge is 2.18. The summed E-state index contributed by atoms with van der Waals surface area (Å²) in [5.74, 6) is 0.397. The molecule has 9 nitrogen and oxygen atoms in total. The number of amides is 1. The Kier molecular flexibility index (Phi) is 13.8. The number of aryl methyl sites for hydroxylation is 1. The van der Waals surface area contributed by atoms with E-state index in [0.29, 0.717) is 24.5 Å². The summed E-state index contributed by atoms with van der Waals surface area (Å²) in [6, 6.07) is 15.0. The number of aliphatic hydroxyl groups is 1. The summed E-state index contributed by atoms with van der Waals surface area (Å²) in [6.07, 6.45) is 3.74. The molecule has 9 heteroatoms. The predicted molar refractivity (Wildman–Crippen MR) is 161 cm³/mol. The first-order valence-corrected chi connectivity index (χ1v) is 13.6. The fraction of sp³-hybridized carbons (Fsp3) is 0.419. The molecule has 0 spiro atoms. The third-order valence-electron chi connectivity index (χ3n) is 6.24. The normalized spacial score (nSPS) is 12.3. The Bertz CT molecular complexity index is 1050. The number of benzene rings is 2. The lowest BCUT2D eigenvalue weighted by Crippen LogP contribution is -2.42. The molecule has 2 aromatic carbocycles. The van der Waals surface area contributed by atoms with Crippen LogP contribution in [0.15, 0.2) is 73.1 Å². The average molecular weight is 553 g/mol. The zero-order chi connectivity index (χ0) is 29.5. The molecule has 0 heterocycles. The standard InChI is InChI=1S/C27H36N4O5.C4H8/c1-5-22-10-6-7-11-23(22)29-26(33)18-31(19-27(34)35)15-14-30(17-21(3)32)16-20(2)28-24-12-8-9-13-25(24)36-4;1-4-2-3-4/h6-13,28,32H,2-3,5,14-19H2,1,4H3,(H,29,33)(H,34,35);4H,2-3H2,1H3. The summed E-state index contributed by atoms with van der Waals surface area (Å²) < 4.78 is 5.35. The van der Waals surface area contributed by atoms with E-state index in [1.165, 1.54) is 12.8 Å². The van der Waals surface area contributed by atoms with Gasteiger partial charge in [0.15, 0.2) is 0 Å². The Morgan fingerprint density at radius 2 is 1.48 bits per heavy atom. The molecular weight excluding hydrogens is 508 g/mol. The van der Waals surface area contributed by atoms with Crippen molar-refractivity contribution in [2.45, 2.75) is 33.1 Å². The second-order valence-corrected chi connectivity index (χ2v) is 10.1. The third kappa shape index (κ3) is 12.8. The lowest BCUT2D eigenvalue weighted by atomic mass is 10.1. The molecular formula is C31H44N4O5. The van der Waals surface area contributed by atoms with Crippen molar-refractivity contribution < 1.29 is 24.5 Å². The molecule has 1 amide bonds. The minimum Gasteiger partial charge on any atom is -0.512 e. The van der Waals surface area contributed by atoms with Gasteiger partial charge >= 0.3 is 5.97 Å². The van der Waals surface area contributed by atoms with Crippen molar-refractivity contribution in [3.8, 4) is 5.75 Å². The number of hydrogen-bond donors (Lipinski definition) is 4. The molecule has 40 heavy (non-hydrogen) atoms. The number of methoxy groups -OCH3 is 1. The van der Waals surface area contributed by atoms with Crippen LogP contribution in [0.3, 0.4) is 0 Å². The molecule has 1 aliphatic carbocycles. The number of carbonyl (C=O) groups excluding carboxylic acids is 1. The zero-order valence-corrected chi connectivity index (χ0v) is 24.0. The number of hydrogen-bond acceptors (Lipinski definition) is 7. The Morgan fingerprint density at radius 3 is 2.02 bits per heavy atom. The molecule has 0 bridgehead atoms. The average Bonchev–Trinajstić information content (AvgIpc) is 3.69. The summed E-state index contributed by atoms with van der Waals surface area (Å²) in [7, 11) is 1.58. The molecule has 1 saturated carbocycles. The van der Waals surface area contributed by atoms with E-state index in [-0.39, 0.29) is 37.8 Å². The van der Waals surface area contributed by atoms with E-state index in [2.05, 4.69) is 30.7 Å². The summed E-state index contributed by atoms with van der Waals surface area (Å²) in [6.45, 7) is 12.7. The van der Waals surface area contributed by atoms with Crippen LogP contribution in [0.1, 0.15) is 32.3 Å². The lowest BCUT2D eigenvalue weighted by Gasteiger charge is -2.27. The number of ether oxygens (including phenoxy) is 1. The van der Waals surface area contributed by atoms with E-state index in [9.17, 15) is 19.8 Å². The minimum absolute atomic E-state index is 0.0289. The Hall–Kier alpha value is -3.82. The van der Waals surface area contributed by atoms with Crippen molar-refractivity contribution in [2.75, 3.05) is 57.0 Å². The van der Waals surface area contributed by atoms with Crippen LogP contribution in [0.4, 0.5) is 11.4 Å². The molecule has 1 fully saturated rings. The molecule has 1 aliphatic rings. The van der Waals surface area contributed by atoms with Gasteiger partial charge in [0.1, 0.15) is 5.75 Å². The van der Waals surface area contributed by atoms with Gasteiger partial charge in [0, 0.05) is 31.0 Å². The Labute approximate surface area is 238 Å². The molecule has 0 saturated heterocycles. The number of anilines is 2. The van der Waals surface area contributed by atoms with Gasteiger partial charge in [-0.25, -0.2) is 0 Å². The van der Waals surface area contributed by atoms with E-state index in [1.54, 1.807) is 12.0 Å². The second kappa shape index (κ2) is 17.0. The van der Waals surface area contributed by atoms with Crippen LogP contribution in [0.5, 0.6) is 5.75 Å². The van der Waals surface area contributed by atoms with Crippen molar-refractivity contribution in [3.63, 3.8) is 0 Å². The van der Waals surface area contributed by atoms with Crippen molar-refractivity contribution in [2.24, 2.45) is 5.92 Å². The van der Waals surface area contributed by atoms with E-state index < -0.39 is 5.97 Å². The second-order valence-electron chi connectivity index (χ2n) is 10.1. The molecule has 218 valence electrons. The van der Waals surface area contributed by atoms with Crippen molar-refractivity contribution in [1.82, 2.24) is 9.80 Å². The van der Waals surface area contributed by atoms with Crippen LogP contribution >= 0.6 is 0 Å². The lowest BCUT2D eigenvalue weighted by molar-refractivity contribution is -0.138. The maximum absolute atomic E-state index is 12.7. The summed E-state index contributed by atoms with van der Waals surface area (Å²) in [5.41, 5.74) is 3.13. The molecule has 3 rings (SSSR count). The predicted octanol–water partition coefficient (Wildman–Crippen LogP) is 5.00. The first-order chi connectivity index (χ1) is 19.1. The molecule has 0 unspecified atom stereocenters. The molecule has 4 N–H and O–H groups in total. The first-order valence-electron chi connectivity index (χ1n) is 13.6. The van der Waals surface area contributed by atoms with Gasteiger partial charge in [-0.15, -0.1) is 0 Å². The SMILES string of the molecule is C=C(O)CN(CCN(CC(=O)O)CC(=O)Nc1ccccc1CC)CC(=C)Nc1ccccc1OC.CC1CC1. The highest BCUT2D eigenvalue weighted by molar-refractivity contribution is 5.93. The maximum atomic E-state index is 12.7. The van der Waals surface area contributed by atoms with Gasteiger partial charge in [0.2, 0.25) is 5.91 Å². The fourth-order valence-electron chi connectivity index (χ4n) is 3.92.